The van der Waals surface area contributed by atoms with E-state index in [-0.39, 0.29) is 24.1 Å². The first-order valence-corrected chi connectivity index (χ1v) is 12.8. The van der Waals surface area contributed by atoms with Gasteiger partial charge in [0.15, 0.2) is 0 Å². The second-order valence-electron chi connectivity index (χ2n) is 9.37. The van der Waals surface area contributed by atoms with Crippen molar-refractivity contribution in [1.82, 2.24) is 14.9 Å². The van der Waals surface area contributed by atoms with Gasteiger partial charge >= 0.3 is 0 Å². The number of anilines is 4. The lowest BCUT2D eigenvalue weighted by molar-refractivity contribution is -0.130. The van der Waals surface area contributed by atoms with Crippen LogP contribution in [0.4, 0.5) is 27.4 Å². The molecule has 1 aliphatic rings. The number of piperazine rings is 1. The number of nitrogens with zero attached hydrogens (tertiary/aromatic N) is 4. The number of aromatic nitrogens is 2. The van der Waals surface area contributed by atoms with Crippen molar-refractivity contribution in [3.05, 3.63) is 96.4 Å². The zero-order valence-corrected chi connectivity index (χ0v) is 21.6. The third kappa shape index (κ3) is 6.75. The number of nitrogens with one attached hydrogen (secondary N) is 2. The van der Waals surface area contributed by atoms with Crippen LogP contribution in [-0.2, 0) is 16.0 Å². The molecule has 0 spiro atoms. The molecule has 2 heterocycles. The number of carbonyl (C=O) groups is 2. The summed E-state index contributed by atoms with van der Waals surface area (Å²) in [5.74, 6) is 0.0662. The fourth-order valence-corrected chi connectivity index (χ4v) is 4.54. The third-order valence-electron chi connectivity index (χ3n) is 6.52. The number of rotatable bonds is 7. The minimum absolute atomic E-state index is 0.0192. The van der Waals surface area contributed by atoms with E-state index in [0.717, 1.165) is 41.4 Å². The van der Waals surface area contributed by atoms with Crippen LogP contribution < -0.4 is 15.5 Å². The summed E-state index contributed by atoms with van der Waals surface area (Å²) in [5.41, 5.74) is 5.05. The van der Waals surface area contributed by atoms with Gasteiger partial charge in [-0.25, -0.2) is 14.4 Å². The highest BCUT2D eigenvalue weighted by atomic mass is 19.1. The molecule has 1 aromatic heterocycles. The van der Waals surface area contributed by atoms with E-state index in [2.05, 4.69) is 25.5 Å². The maximum Gasteiger partial charge on any atom is 0.227 e. The molecule has 2 amide bonds. The Morgan fingerprint density at radius 3 is 2.31 bits per heavy atom. The number of halogens is 1. The van der Waals surface area contributed by atoms with Gasteiger partial charge in [-0.2, -0.15) is 0 Å². The molecule has 198 valence electrons. The molecule has 0 saturated carbocycles. The van der Waals surface area contributed by atoms with Gasteiger partial charge in [0.25, 0.3) is 0 Å². The molecule has 1 saturated heterocycles. The molecule has 9 heteroatoms. The molecule has 0 aliphatic carbocycles. The maximum atomic E-state index is 13.4. The van der Waals surface area contributed by atoms with Crippen molar-refractivity contribution in [1.29, 1.82) is 0 Å². The summed E-state index contributed by atoms with van der Waals surface area (Å²) in [4.78, 5) is 36.9. The van der Waals surface area contributed by atoms with E-state index >= 15 is 0 Å². The Morgan fingerprint density at radius 2 is 1.62 bits per heavy atom. The molecule has 1 aliphatic heterocycles. The fourth-order valence-electron chi connectivity index (χ4n) is 4.54. The second-order valence-corrected chi connectivity index (χ2v) is 9.37. The first kappa shape index (κ1) is 25.8. The van der Waals surface area contributed by atoms with Crippen LogP contribution >= 0.6 is 0 Å². The van der Waals surface area contributed by atoms with E-state index in [4.69, 9.17) is 0 Å². The second kappa shape index (κ2) is 11.7. The Morgan fingerprint density at radius 1 is 0.897 bits per heavy atom. The lowest BCUT2D eigenvalue weighted by Gasteiger charge is -2.36. The fraction of sp³-hybridized carbons (Fsp3) is 0.200. The topological polar surface area (TPSA) is 90.5 Å². The molecule has 8 nitrogen and oxygen atoms in total. The summed E-state index contributed by atoms with van der Waals surface area (Å²) in [6.07, 6.45) is 1.92. The monoisotopic (exact) mass is 524 g/mol. The molecule has 4 aromatic rings. The molecule has 2 N–H and O–H groups in total. The highest BCUT2D eigenvalue weighted by molar-refractivity contribution is 5.89. The summed E-state index contributed by atoms with van der Waals surface area (Å²) in [6, 6.07) is 23.6. The van der Waals surface area contributed by atoms with E-state index in [1.807, 2.05) is 59.5 Å². The quantitative estimate of drug-likeness (QED) is 0.358. The van der Waals surface area contributed by atoms with E-state index in [1.54, 1.807) is 18.3 Å². The van der Waals surface area contributed by atoms with Crippen LogP contribution in [0.5, 0.6) is 0 Å². The van der Waals surface area contributed by atoms with Crippen LogP contribution in [0.3, 0.4) is 0 Å². The standard InChI is InChI=1S/C30H29FN6O2/c1-21(38)33-25-7-5-23(6-8-25)28-13-14-32-30(35-28)34-26-9-11-27(12-10-26)36-15-17-37(18-16-36)29(39)20-22-3-2-4-24(31)19-22/h2-14,19H,15-18,20H2,1H3,(H,33,38)(H,32,34,35). The van der Waals surface area contributed by atoms with Gasteiger partial charge < -0.3 is 20.4 Å². The number of hydrogen-bond acceptors (Lipinski definition) is 6. The number of benzene rings is 3. The number of hydrogen-bond donors (Lipinski definition) is 2. The van der Waals surface area contributed by atoms with Gasteiger partial charge in [0.1, 0.15) is 5.82 Å². The Kier molecular flexibility index (Phi) is 7.77. The van der Waals surface area contributed by atoms with Gasteiger partial charge in [0.2, 0.25) is 17.8 Å². The van der Waals surface area contributed by atoms with E-state index < -0.39 is 0 Å². The molecular weight excluding hydrogens is 495 g/mol. The molecule has 1 fully saturated rings. The largest absolute Gasteiger partial charge is 0.368 e. The van der Waals surface area contributed by atoms with Crippen molar-refractivity contribution in [3.63, 3.8) is 0 Å². The highest BCUT2D eigenvalue weighted by Crippen LogP contribution is 2.24. The molecule has 0 unspecified atom stereocenters. The lowest BCUT2D eigenvalue weighted by Crippen LogP contribution is -2.49. The van der Waals surface area contributed by atoms with E-state index in [1.165, 1.54) is 19.1 Å². The van der Waals surface area contributed by atoms with Crippen LogP contribution in [0.1, 0.15) is 12.5 Å². The summed E-state index contributed by atoms with van der Waals surface area (Å²) in [6.45, 7) is 4.19. The molecule has 39 heavy (non-hydrogen) atoms. The summed E-state index contributed by atoms with van der Waals surface area (Å²) < 4.78 is 13.4. The van der Waals surface area contributed by atoms with Crippen molar-refractivity contribution in [2.24, 2.45) is 0 Å². The van der Waals surface area contributed by atoms with Crippen molar-refractivity contribution in [3.8, 4) is 11.3 Å². The Labute approximate surface area is 226 Å². The van der Waals surface area contributed by atoms with Crippen molar-refractivity contribution in [2.45, 2.75) is 13.3 Å². The van der Waals surface area contributed by atoms with Crippen molar-refractivity contribution in [2.75, 3.05) is 41.7 Å². The van der Waals surface area contributed by atoms with Crippen LogP contribution in [0.15, 0.2) is 85.1 Å². The summed E-state index contributed by atoms with van der Waals surface area (Å²) in [5, 5.41) is 6.01. The first-order valence-electron chi connectivity index (χ1n) is 12.8. The Bertz CT molecular complexity index is 1450. The molecule has 0 radical (unpaired) electrons. The molecule has 0 bridgehead atoms. The molecule has 0 atom stereocenters. The average Bonchev–Trinajstić information content (AvgIpc) is 2.94. The van der Waals surface area contributed by atoms with Gasteiger partial charge in [0, 0.05) is 61.9 Å². The number of carbonyl (C=O) groups excluding carboxylic acids is 2. The SMILES string of the molecule is CC(=O)Nc1ccc(-c2ccnc(Nc3ccc(N4CCN(C(=O)Cc5cccc(F)c5)CC4)cc3)n2)cc1. The van der Waals surface area contributed by atoms with E-state index in [0.29, 0.717) is 24.6 Å². The summed E-state index contributed by atoms with van der Waals surface area (Å²) >= 11 is 0. The molecular formula is C30H29FN6O2. The molecule has 5 rings (SSSR count). The van der Waals surface area contributed by atoms with E-state index in [9.17, 15) is 14.0 Å². The van der Waals surface area contributed by atoms with Crippen LogP contribution in [0.2, 0.25) is 0 Å². The highest BCUT2D eigenvalue weighted by Gasteiger charge is 2.21. The third-order valence-corrected chi connectivity index (χ3v) is 6.52. The smallest absolute Gasteiger partial charge is 0.227 e. The predicted octanol–water partition coefficient (Wildman–Crippen LogP) is 4.88. The minimum Gasteiger partial charge on any atom is -0.368 e. The first-order chi connectivity index (χ1) is 18.9. The van der Waals surface area contributed by atoms with Gasteiger partial charge in [-0.05, 0) is 60.2 Å². The Hall–Kier alpha value is -4.79. The van der Waals surface area contributed by atoms with Crippen LogP contribution in [0, 0.1) is 5.82 Å². The predicted molar refractivity (Wildman–Crippen MR) is 150 cm³/mol. The Balaban J connectivity index is 1.15. The average molecular weight is 525 g/mol. The summed E-state index contributed by atoms with van der Waals surface area (Å²) in [7, 11) is 0. The zero-order chi connectivity index (χ0) is 27.2. The van der Waals surface area contributed by atoms with Gasteiger partial charge in [-0.1, -0.05) is 24.3 Å². The lowest BCUT2D eigenvalue weighted by atomic mass is 10.1. The van der Waals surface area contributed by atoms with Crippen LogP contribution in [-0.4, -0.2) is 52.9 Å². The minimum atomic E-state index is -0.322. The van der Waals surface area contributed by atoms with Crippen molar-refractivity contribution >= 4 is 34.8 Å². The molecule has 3 aromatic carbocycles. The van der Waals surface area contributed by atoms with Crippen molar-refractivity contribution < 1.29 is 14.0 Å². The zero-order valence-electron chi connectivity index (χ0n) is 21.6. The maximum absolute atomic E-state index is 13.4. The normalized spacial score (nSPS) is 13.2. The number of amides is 2. The van der Waals surface area contributed by atoms with Gasteiger partial charge in [-0.15, -0.1) is 0 Å². The van der Waals surface area contributed by atoms with Crippen LogP contribution in [0.25, 0.3) is 11.3 Å². The van der Waals surface area contributed by atoms with Gasteiger partial charge in [0.05, 0.1) is 12.1 Å². The van der Waals surface area contributed by atoms with Gasteiger partial charge in [-0.3, -0.25) is 9.59 Å².